The Morgan fingerprint density at radius 1 is 1.23 bits per heavy atom. The van der Waals surface area contributed by atoms with Gasteiger partial charge >= 0.3 is 0 Å². The minimum absolute atomic E-state index is 1.14. The minimum Gasteiger partial charge on any atom is -0.117 e. The van der Waals surface area contributed by atoms with Crippen LogP contribution in [0.2, 0.25) is 0 Å². The van der Waals surface area contributed by atoms with Crippen molar-refractivity contribution in [1.82, 2.24) is 0 Å². The molecule has 0 radical (unpaired) electrons. The third-order valence-electron chi connectivity index (χ3n) is 1.68. The van der Waals surface area contributed by atoms with Crippen LogP contribution in [0.3, 0.4) is 0 Å². The average Bonchev–Trinajstić information content (AvgIpc) is 2.17. The fourth-order valence-electron chi connectivity index (χ4n) is 1.04. The Hall–Kier alpha value is -1.52. The van der Waals surface area contributed by atoms with Gasteiger partial charge in [0.05, 0.1) is 0 Å². The molecule has 0 atom stereocenters. The third kappa shape index (κ3) is 3.59. The molecular formula is C13H14. The van der Waals surface area contributed by atoms with Crippen molar-refractivity contribution >= 4 is 6.08 Å². The summed E-state index contributed by atoms with van der Waals surface area (Å²) >= 11 is 0. The highest BCUT2D eigenvalue weighted by Crippen LogP contribution is 2.01. The Bertz CT molecular complexity index is 336. The van der Waals surface area contributed by atoms with E-state index in [-0.39, 0.29) is 0 Å². The van der Waals surface area contributed by atoms with Gasteiger partial charge in [0.2, 0.25) is 0 Å². The molecule has 0 N–H and O–H groups in total. The monoisotopic (exact) mass is 170 g/mol. The SMILES string of the molecule is C/C=C\C(C)=C=Cc1ccccc1. The van der Waals surface area contributed by atoms with E-state index in [0.717, 1.165) is 5.57 Å². The van der Waals surface area contributed by atoms with E-state index in [2.05, 4.69) is 17.9 Å². The van der Waals surface area contributed by atoms with E-state index in [0.29, 0.717) is 0 Å². The molecule has 0 aliphatic rings. The molecule has 13 heavy (non-hydrogen) atoms. The Morgan fingerprint density at radius 3 is 2.54 bits per heavy atom. The molecule has 0 aliphatic carbocycles. The minimum atomic E-state index is 1.14. The standard InChI is InChI=1S/C13H14/c1-3-7-12(2)10-11-13-8-5-4-6-9-13/h3-9,11H,1-2H3/b7-3-. The second kappa shape index (κ2) is 5.18. The molecule has 0 amide bonds. The van der Waals surface area contributed by atoms with Crippen molar-refractivity contribution in [1.29, 1.82) is 0 Å². The van der Waals surface area contributed by atoms with Crippen LogP contribution in [-0.4, -0.2) is 0 Å². The molecule has 0 saturated carbocycles. The third-order valence-corrected chi connectivity index (χ3v) is 1.68. The van der Waals surface area contributed by atoms with Crippen LogP contribution in [-0.2, 0) is 0 Å². The fraction of sp³-hybridized carbons (Fsp3) is 0.154. The molecule has 0 aliphatic heterocycles. The van der Waals surface area contributed by atoms with Crippen LogP contribution in [0.4, 0.5) is 0 Å². The predicted octanol–water partition coefficient (Wildman–Crippen LogP) is 3.82. The molecule has 0 unspecified atom stereocenters. The molecule has 1 rings (SSSR count). The summed E-state index contributed by atoms with van der Waals surface area (Å²) < 4.78 is 0. The van der Waals surface area contributed by atoms with Crippen LogP contribution >= 0.6 is 0 Å². The zero-order chi connectivity index (χ0) is 9.52. The lowest BCUT2D eigenvalue weighted by molar-refractivity contribution is 1.52. The Morgan fingerprint density at radius 2 is 1.92 bits per heavy atom. The van der Waals surface area contributed by atoms with Crippen LogP contribution in [0, 0.1) is 0 Å². The van der Waals surface area contributed by atoms with Crippen LogP contribution in [0.15, 0.2) is 53.8 Å². The van der Waals surface area contributed by atoms with E-state index in [1.54, 1.807) is 0 Å². The predicted molar refractivity (Wildman–Crippen MR) is 58.4 cm³/mol. The van der Waals surface area contributed by atoms with Gasteiger partial charge in [-0.05, 0) is 31.1 Å². The van der Waals surface area contributed by atoms with Crippen molar-refractivity contribution in [2.75, 3.05) is 0 Å². The van der Waals surface area contributed by atoms with Gasteiger partial charge in [-0.2, -0.15) is 0 Å². The molecule has 0 fully saturated rings. The van der Waals surface area contributed by atoms with Crippen molar-refractivity contribution in [2.24, 2.45) is 0 Å². The molecule has 66 valence electrons. The van der Waals surface area contributed by atoms with Crippen molar-refractivity contribution < 1.29 is 0 Å². The van der Waals surface area contributed by atoms with Crippen LogP contribution < -0.4 is 0 Å². The first-order valence-electron chi connectivity index (χ1n) is 4.44. The number of allylic oxidation sites excluding steroid dienone is 3. The first-order valence-corrected chi connectivity index (χ1v) is 4.44. The number of benzene rings is 1. The highest BCUT2D eigenvalue weighted by atomic mass is 13.9. The summed E-state index contributed by atoms with van der Waals surface area (Å²) in [5, 5.41) is 0. The van der Waals surface area contributed by atoms with E-state index in [4.69, 9.17) is 0 Å². The summed E-state index contributed by atoms with van der Waals surface area (Å²) in [5.74, 6) is 0. The Labute approximate surface area is 79.9 Å². The van der Waals surface area contributed by atoms with Gasteiger partial charge in [-0.25, -0.2) is 0 Å². The van der Waals surface area contributed by atoms with E-state index in [9.17, 15) is 0 Å². The molecule has 0 heterocycles. The summed E-state index contributed by atoms with van der Waals surface area (Å²) in [6.45, 7) is 4.05. The maximum Gasteiger partial charge on any atom is -0.00944 e. The summed E-state index contributed by atoms with van der Waals surface area (Å²) in [7, 11) is 0. The molecule has 0 aromatic heterocycles. The topological polar surface area (TPSA) is 0 Å². The van der Waals surface area contributed by atoms with Crippen molar-refractivity contribution in [2.45, 2.75) is 13.8 Å². The maximum atomic E-state index is 3.20. The van der Waals surface area contributed by atoms with Gasteiger partial charge in [-0.3, -0.25) is 0 Å². The summed E-state index contributed by atoms with van der Waals surface area (Å²) in [4.78, 5) is 0. The van der Waals surface area contributed by atoms with E-state index >= 15 is 0 Å². The van der Waals surface area contributed by atoms with Gasteiger partial charge in [-0.1, -0.05) is 42.5 Å². The molecule has 0 nitrogen and oxygen atoms in total. The number of hydrogen-bond acceptors (Lipinski definition) is 0. The average molecular weight is 170 g/mol. The summed E-state index contributed by atoms with van der Waals surface area (Å²) in [5.41, 5.74) is 5.54. The molecule has 0 saturated heterocycles. The quantitative estimate of drug-likeness (QED) is 0.467. The maximum absolute atomic E-state index is 3.20. The summed E-state index contributed by atoms with van der Waals surface area (Å²) in [6.07, 6.45) is 6.05. The molecular weight excluding hydrogens is 156 g/mol. The fourth-order valence-corrected chi connectivity index (χ4v) is 1.04. The van der Waals surface area contributed by atoms with Crippen LogP contribution in [0.5, 0.6) is 0 Å². The second-order valence-electron chi connectivity index (χ2n) is 2.88. The normalized spacial score (nSPS) is 9.69. The number of rotatable bonds is 2. The lowest BCUT2D eigenvalue weighted by Crippen LogP contribution is -1.67. The van der Waals surface area contributed by atoms with Crippen LogP contribution in [0.1, 0.15) is 19.4 Å². The largest absolute Gasteiger partial charge is 0.117 e. The Kier molecular flexibility index (Phi) is 3.81. The second-order valence-corrected chi connectivity index (χ2v) is 2.88. The van der Waals surface area contributed by atoms with E-state index in [1.807, 2.05) is 50.3 Å². The van der Waals surface area contributed by atoms with Crippen LogP contribution in [0.25, 0.3) is 6.08 Å². The summed E-state index contributed by atoms with van der Waals surface area (Å²) in [6, 6.07) is 10.2. The van der Waals surface area contributed by atoms with Crippen molar-refractivity contribution in [3.63, 3.8) is 0 Å². The van der Waals surface area contributed by atoms with Crippen molar-refractivity contribution in [3.8, 4) is 0 Å². The van der Waals surface area contributed by atoms with E-state index < -0.39 is 0 Å². The zero-order valence-corrected chi connectivity index (χ0v) is 8.12. The molecule has 1 aromatic carbocycles. The lowest BCUT2D eigenvalue weighted by atomic mass is 10.2. The molecule has 1 aromatic rings. The van der Waals surface area contributed by atoms with Gasteiger partial charge in [-0.15, -0.1) is 5.73 Å². The van der Waals surface area contributed by atoms with Gasteiger partial charge in [0.15, 0.2) is 0 Å². The zero-order valence-electron chi connectivity index (χ0n) is 8.12. The first-order chi connectivity index (χ1) is 6.33. The molecule has 0 heteroatoms. The van der Waals surface area contributed by atoms with Gasteiger partial charge in [0.1, 0.15) is 0 Å². The van der Waals surface area contributed by atoms with Gasteiger partial charge in [0, 0.05) is 0 Å². The smallest absolute Gasteiger partial charge is 0.00944 e. The Balaban J connectivity index is 2.85. The van der Waals surface area contributed by atoms with Gasteiger partial charge < -0.3 is 0 Å². The lowest BCUT2D eigenvalue weighted by Gasteiger charge is -1.87. The van der Waals surface area contributed by atoms with Crippen molar-refractivity contribution in [3.05, 3.63) is 59.4 Å². The van der Waals surface area contributed by atoms with E-state index in [1.165, 1.54) is 5.56 Å². The van der Waals surface area contributed by atoms with Gasteiger partial charge in [0.25, 0.3) is 0 Å². The first kappa shape index (κ1) is 9.57. The molecule has 0 bridgehead atoms. The highest BCUT2D eigenvalue weighted by molar-refractivity contribution is 5.49. The molecule has 0 spiro atoms. The number of hydrogen-bond donors (Lipinski definition) is 0. The highest BCUT2D eigenvalue weighted by Gasteiger charge is 1.80.